The monoisotopic (exact) mass is 459 g/mol. The Morgan fingerprint density at radius 2 is 2.03 bits per heavy atom. The van der Waals surface area contributed by atoms with Gasteiger partial charge in [-0.25, -0.2) is 28.1 Å². The Bertz CT molecular complexity index is 1210. The van der Waals surface area contributed by atoms with Crippen molar-refractivity contribution in [2.24, 2.45) is 10.9 Å². The Kier molecular flexibility index (Phi) is 5.67. The van der Waals surface area contributed by atoms with E-state index in [0.717, 1.165) is 0 Å². The van der Waals surface area contributed by atoms with E-state index in [1.165, 1.54) is 6.20 Å². The van der Waals surface area contributed by atoms with E-state index in [1.807, 2.05) is 0 Å². The van der Waals surface area contributed by atoms with Gasteiger partial charge in [0.1, 0.15) is 17.0 Å². The van der Waals surface area contributed by atoms with Crippen molar-refractivity contribution < 1.29 is 22.7 Å². The first-order chi connectivity index (χ1) is 16.0. The fourth-order valence-corrected chi connectivity index (χ4v) is 3.93. The van der Waals surface area contributed by atoms with Crippen LogP contribution in [-0.2, 0) is 9.53 Å². The van der Waals surface area contributed by atoms with Crippen LogP contribution in [0.5, 0.6) is 0 Å². The van der Waals surface area contributed by atoms with E-state index in [0.29, 0.717) is 62.3 Å². The molecule has 0 saturated carbocycles. The number of halogens is 3. The van der Waals surface area contributed by atoms with Gasteiger partial charge in [-0.3, -0.25) is 9.36 Å². The van der Waals surface area contributed by atoms with Gasteiger partial charge in [0.15, 0.2) is 17.3 Å². The molecule has 1 unspecified atom stereocenters. The molecule has 2 atom stereocenters. The number of piperidine rings is 1. The zero-order valence-electron chi connectivity index (χ0n) is 17.4. The van der Waals surface area contributed by atoms with Gasteiger partial charge in [-0.1, -0.05) is 0 Å². The Labute approximate surface area is 186 Å². The lowest BCUT2D eigenvalue weighted by molar-refractivity contribution is -0.122. The molecule has 172 valence electrons. The number of amides is 1. The highest BCUT2D eigenvalue weighted by atomic mass is 19.1. The maximum absolute atomic E-state index is 14.2. The first-order valence-corrected chi connectivity index (χ1v) is 10.5. The van der Waals surface area contributed by atoms with Crippen molar-refractivity contribution in [3.8, 4) is 0 Å². The number of fused-ring (bicyclic) bond motifs is 1. The molecule has 1 aromatic carbocycles. The van der Waals surface area contributed by atoms with Gasteiger partial charge in [0.25, 0.3) is 5.95 Å². The first kappa shape index (κ1) is 21.3. The molecule has 3 aromatic rings. The summed E-state index contributed by atoms with van der Waals surface area (Å²) in [6.45, 7) is 1.40. The number of hydrogen-bond donors (Lipinski definition) is 2. The maximum Gasteiger partial charge on any atom is 0.251 e. The van der Waals surface area contributed by atoms with Crippen LogP contribution < -0.4 is 10.6 Å². The molecule has 12 heteroatoms. The SMILES string of the molecule is O=C1CCC(/C=N/c2ncc3nc(Nc4c(F)cc(F)cc4F)n([C@H]4CCOC4)c3n2)CN1. The predicted molar refractivity (Wildman–Crippen MR) is 113 cm³/mol. The molecule has 2 aromatic heterocycles. The van der Waals surface area contributed by atoms with Crippen molar-refractivity contribution in [2.75, 3.05) is 25.1 Å². The lowest BCUT2D eigenvalue weighted by Crippen LogP contribution is -2.35. The van der Waals surface area contributed by atoms with Crippen LogP contribution in [0.3, 0.4) is 0 Å². The summed E-state index contributed by atoms with van der Waals surface area (Å²) in [5, 5.41) is 5.43. The second-order valence-electron chi connectivity index (χ2n) is 7.95. The van der Waals surface area contributed by atoms with Crippen molar-refractivity contribution in [1.82, 2.24) is 24.8 Å². The van der Waals surface area contributed by atoms with Gasteiger partial charge in [-0.15, -0.1) is 0 Å². The molecule has 1 amide bonds. The highest BCUT2D eigenvalue weighted by Gasteiger charge is 2.26. The number of benzene rings is 1. The van der Waals surface area contributed by atoms with Crippen LogP contribution in [-0.4, -0.2) is 51.4 Å². The fourth-order valence-electron chi connectivity index (χ4n) is 3.93. The van der Waals surface area contributed by atoms with Crippen molar-refractivity contribution in [3.05, 3.63) is 35.8 Å². The molecule has 0 aliphatic carbocycles. The molecular weight excluding hydrogens is 439 g/mol. The zero-order chi connectivity index (χ0) is 22.9. The van der Waals surface area contributed by atoms with Gasteiger partial charge >= 0.3 is 0 Å². The molecule has 2 N–H and O–H groups in total. The largest absolute Gasteiger partial charge is 0.379 e. The highest BCUT2D eigenvalue weighted by molar-refractivity contribution is 5.79. The number of nitrogens with zero attached hydrogens (tertiary/aromatic N) is 5. The normalized spacial score (nSPS) is 21.1. The number of anilines is 2. The highest BCUT2D eigenvalue weighted by Crippen LogP contribution is 2.32. The molecule has 0 bridgehead atoms. The number of ether oxygens (including phenoxy) is 1. The summed E-state index contributed by atoms with van der Waals surface area (Å²) in [6.07, 6.45) is 4.97. The third kappa shape index (κ3) is 4.38. The van der Waals surface area contributed by atoms with E-state index in [1.54, 1.807) is 10.8 Å². The quantitative estimate of drug-likeness (QED) is 0.568. The molecule has 2 aliphatic heterocycles. The molecule has 2 saturated heterocycles. The fraction of sp³-hybridized carbons (Fsp3) is 0.381. The Morgan fingerprint density at radius 1 is 1.21 bits per heavy atom. The molecule has 0 spiro atoms. The molecule has 0 radical (unpaired) electrons. The second kappa shape index (κ2) is 8.77. The molecule has 4 heterocycles. The summed E-state index contributed by atoms with van der Waals surface area (Å²) in [7, 11) is 0. The van der Waals surface area contributed by atoms with Gasteiger partial charge in [0.2, 0.25) is 11.9 Å². The summed E-state index contributed by atoms with van der Waals surface area (Å²) in [5.41, 5.74) is 0.309. The van der Waals surface area contributed by atoms with Gasteiger partial charge in [0.05, 0.1) is 18.8 Å². The first-order valence-electron chi connectivity index (χ1n) is 10.5. The molecule has 33 heavy (non-hydrogen) atoms. The summed E-state index contributed by atoms with van der Waals surface area (Å²) in [4.78, 5) is 28.8. The minimum atomic E-state index is -1.08. The van der Waals surface area contributed by atoms with Gasteiger partial charge in [-0.05, 0) is 12.8 Å². The van der Waals surface area contributed by atoms with Gasteiger partial charge in [0, 0.05) is 43.8 Å². The molecule has 9 nitrogen and oxygen atoms in total. The van der Waals surface area contributed by atoms with E-state index in [4.69, 9.17) is 4.74 Å². The van der Waals surface area contributed by atoms with Crippen molar-refractivity contribution in [3.63, 3.8) is 0 Å². The summed E-state index contributed by atoms with van der Waals surface area (Å²) in [6, 6.07) is 1.01. The second-order valence-corrected chi connectivity index (χ2v) is 7.95. The maximum atomic E-state index is 14.2. The predicted octanol–water partition coefficient (Wildman–Crippen LogP) is 3.18. The van der Waals surface area contributed by atoms with Crippen LogP contribution in [0.1, 0.15) is 25.3 Å². The van der Waals surface area contributed by atoms with Crippen LogP contribution in [0, 0.1) is 23.4 Å². The number of carbonyl (C=O) groups is 1. The van der Waals surface area contributed by atoms with Crippen LogP contribution in [0.25, 0.3) is 11.2 Å². The minimum Gasteiger partial charge on any atom is -0.379 e. The van der Waals surface area contributed by atoms with E-state index in [9.17, 15) is 18.0 Å². The molecule has 2 aliphatic rings. The smallest absolute Gasteiger partial charge is 0.251 e. The topological polar surface area (TPSA) is 106 Å². The lowest BCUT2D eigenvalue weighted by Gasteiger charge is -2.18. The van der Waals surface area contributed by atoms with E-state index in [-0.39, 0.29) is 29.8 Å². The Morgan fingerprint density at radius 3 is 2.73 bits per heavy atom. The molecular formula is C21H20F3N7O2. The number of rotatable bonds is 5. The minimum absolute atomic E-state index is 0.0223. The van der Waals surface area contributed by atoms with Gasteiger partial charge < -0.3 is 15.4 Å². The number of carbonyl (C=O) groups excluding carboxylic acids is 1. The summed E-state index contributed by atoms with van der Waals surface area (Å²) >= 11 is 0. The number of aliphatic imine (C=N–C) groups is 1. The zero-order valence-corrected chi connectivity index (χ0v) is 17.4. The average Bonchev–Trinajstić information content (AvgIpc) is 3.43. The third-order valence-corrected chi connectivity index (χ3v) is 5.64. The number of nitrogens with one attached hydrogen (secondary N) is 2. The summed E-state index contributed by atoms with van der Waals surface area (Å²) < 4.78 is 49.0. The Hall–Kier alpha value is -3.54. The van der Waals surface area contributed by atoms with Crippen LogP contribution in [0.4, 0.5) is 30.8 Å². The van der Waals surface area contributed by atoms with Gasteiger partial charge in [-0.2, -0.15) is 4.98 Å². The van der Waals surface area contributed by atoms with Crippen molar-refractivity contribution in [1.29, 1.82) is 0 Å². The molecule has 2 fully saturated rings. The van der Waals surface area contributed by atoms with E-state index >= 15 is 0 Å². The molecule has 5 rings (SSSR count). The number of imidazole rings is 1. The third-order valence-electron chi connectivity index (χ3n) is 5.64. The number of aromatic nitrogens is 4. The van der Waals surface area contributed by atoms with Crippen molar-refractivity contribution in [2.45, 2.75) is 25.3 Å². The Balaban J connectivity index is 1.50. The number of hydrogen-bond acceptors (Lipinski definition) is 7. The van der Waals surface area contributed by atoms with Crippen LogP contribution in [0.2, 0.25) is 0 Å². The van der Waals surface area contributed by atoms with E-state index in [2.05, 4.69) is 30.6 Å². The summed E-state index contributed by atoms with van der Waals surface area (Å²) in [5.74, 6) is -2.74. The van der Waals surface area contributed by atoms with Crippen LogP contribution >= 0.6 is 0 Å². The van der Waals surface area contributed by atoms with E-state index < -0.39 is 23.1 Å². The average molecular weight is 459 g/mol. The lowest BCUT2D eigenvalue weighted by atomic mass is 10.0. The van der Waals surface area contributed by atoms with Crippen LogP contribution in [0.15, 0.2) is 23.3 Å². The van der Waals surface area contributed by atoms with Crippen molar-refractivity contribution >= 4 is 40.9 Å². The standard InChI is InChI=1S/C21H20F3N7O2/c22-12-5-14(23)18(15(24)6-12)29-21-28-16-9-27-20(26-8-11-1-2-17(32)25-7-11)30-19(16)31(21)13-3-4-33-10-13/h5-6,8-9,11,13H,1-4,7,10H2,(H,25,32)(H,28,29)/b26-8+/t11?,13-/m0/s1.